The molecule has 1 aromatic heterocycles. The minimum Gasteiger partial charge on any atom is -0.462 e. The van der Waals surface area contributed by atoms with Gasteiger partial charge in [-0.15, -0.1) is 0 Å². The van der Waals surface area contributed by atoms with Crippen LogP contribution < -0.4 is 0 Å². The molecule has 1 aromatic rings. The molecule has 1 rings (SSSR count). The summed E-state index contributed by atoms with van der Waals surface area (Å²) in [7, 11) is 0. The Hall–Kier alpha value is -1.50. The van der Waals surface area contributed by atoms with E-state index < -0.39 is 4.92 Å². The maximum absolute atomic E-state index is 10.1. The molecule has 0 saturated carbocycles. The van der Waals surface area contributed by atoms with Gasteiger partial charge in [-0.1, -0.05) is 0 Å². The first-order chi connectivity index (χ1) is 7.76. The van der Waals surface area contributed by atoms with Gasteiger partial charge in [0.2, 0.25) is 0 Å². The zero-order valence-corrected chi connectivity index (χ0v) is 11.3. The molecule has 1 heterocycles. The Balaban J connectivity index is 0.000000325. The molecule has 0 saturated heterocycles. The molecule has 0 spiro atoms. The number of ether oxygens (including phenoxy) is 1. The van der Waals surface area contributed by atoms with Crippen LogP contribution in [0.4, 0.5) is 5.69 Å². The predicted octanol–water partition coefficient (Wildman–Crippen LogP) is 2.71. The lowest BCUT2D eigenvalue weighted by Crippen LogP contribution is -2.17. The van der Waals surface area contributed by atoms with Gasteiger partial charge in [0.15, 0.2) is 0 Å². The first kappa shape index (κ1) is 15.5. The summed E-state index contributed by atoms with van der Waals surface area (Å²) in [6.45, 7) is 5.92. The highest BCUT2D eigenvalue weighted by Gasteiger charge is 2.07. The number of carbonyl (C=O) groups is 1. The van der Waals surface area contributed by atoms with E-state index in [-0.39, 0.29) is 11.3 Å². The fourth-order valence-corrected chi connectivity index (χ4v) is 0.998. The Bertz CT molecular complexity index is 390. The van der Waals surface area contributed by atoms with E-state index in [0.717, 1.165) is 0 Å². The second-order valence-electron chi connectivity index (χ2n) is 3.94. The van der Waals surface area contributed by atoms with Crippen molar-refractivity contribution in [2.45, 2.75) is 26.4 Å². The average molecular weight is 305 g/mol. The van der Waals surface area contributed by atoms with Crippen molar-refractivity contribution in [2.75, 3.05) is 0 Å². The fourth-order valence-electron chi connectivity index (χ4n) is 0.645. The Morgan fingerprint density at radius 2 is 2.06 bits per heavy atom. The lowest BCUT2D eigenvalue weighted by atomic mass is 10.2. The van der Waals surface area contributed by atoms with Gasteiger partial charge in [-0.3, -0.25) is 19.9 Å². The molecule has 0 aliphatic rings. The van der Waals surface area contributed by atoms with Gasteiger partial charge in [0.05, 0.1) is 4.92 Å². The molecule has 6 nitrogen and oxygen atoms in total. The number of nitro groups is 1. The Morgan fingerprint density at radius 1 is 1.47 bits per heavy atom. The van der Waals surface area contributed by atoms with E-state index >= 15 is 0 Å². The van der Waals surface area contributed by atoms with Crippen LogP contribution in [0, 0.1) is 10.1 Å². The zero-order valence-electron chi connectivity index (χ0n) is 9.71. The molecule has 0 radical (unpaired) electrons. The van der Waals surface area contributed by atoms with Crippen molar-refractivity contribution in [1.29, 1.82) is 0 Å². The molecule has 7 heteroatoms. The van der Waals surface area contributed by atoms with E-state index in [4.69, 9.17) is 0 Å². The summed E-state index contributed by atoms with van der Waals surface area (Å²) in [5, 5.41) is 10.1. The third-order valence-corrected chi connectivity index (χ3v) is 1.74. The maximum Gasteiger partial charge on any atom is 0.293 e. The van der Waals surface area contributed by atoms with Crippen molar-refractivity contribution < 1.29 is 14.5 Å². The summed E-state index contributed by atoms with van der Waals surface area (Å²) < 4.78 is 5.16. The molecule has 17 heavy (non-hydrogen) atoms. The number of pyridine rings is 1. The second-order valence-corrected chi connectivity index (χ2v) is 4.86. The van der Waals surface area contributed by atoms with Crippen LogP contribution in [0.2, 0.25) is 0 Å². The van der Waals surface area contributed by atoms with Gasteiger partial charge in [0.25, 0.3) is 12.2 Å². The summed E-state index contributed by atoms with van der Waals surface area (Å²) in [6, 6.07) is 1.40. The monoisotopic (exact) mass is 304 g/mol. The van der Waals surface area contributed by atoms with Crippen molar-refractivity contribution in [3.05, 3.63) is 33.0 Å². The highest BCUT2D eigenvalue weighted by Crippen LogP contribution is 2.14. The van der Waals surface area contributed by atoms with Crippen LogP contribution in [0.15, 0.2) is 22.9 Å². The standard InChI is InChI=1S/C5H3BrN2O2.C5H10O2/c6-4-1-5(8(9)10)3-7-2-4;1-5(2,3)7-4-6/h1-3H;4H,1-3H3. The number of hydrogen-bond acceptors (Lipinski definition) is 5. The van der Waals surface area contributed by atoms with Crippen LogP contribution in [0.3, 0.4) is 0 Å². The van der Waals surface area contributed by atoms with Crippen molar-refractivity contribution in [1.82, 2.24) is 4.98 Å². The van der Waals surface area contributed by atoms with E-state index in [9.17, 15) is 14.9 Å². The summed E-state index contributed by atoms with van der Waals surface area (Å²) in [6.07, 6.45) is 2.69. The summed E-state index contributed by atoms with van der Waals surface area (Å²) in [4.78, 5) is 22.8. The molecular weight excluding hydrogens is 292 g/mol. The number of hydrogen-bond donors (Lipinski definition) is 0. The van der Waals surface area contributed by atoms with Gasteiger partial charge >= 0.3 is 0 Å². The Morgan fingerprint density at radius 3 is 2.29 bits per heavy atom. The molecule has 0 aliphatic heterocycles. The molecule has 0 amide bonds. The van der Waals surface area contributed by atoms with Crippen molar-refractivity contribution >= 4 is 28.1 Å². The van der Waals surface area contributed by atoms with Gasteiger partial charge in [-0.25, -0.2) is 0 Å². The highest BCUT2D eigenvalue weighted by molar-refractivity contribution is 9.10. The molecule has 0 aromatic carbocycles. The Labute approximate surface area is 107 Å². The van der Waals surface area contributed by atoms with Gasteiger partial charge in [0.1, 0.15) is 11.8 Å². The topological polar surface area (TPSA) is 82.3 Å². The predicted molar refractivity (Wildman–Crippen MR) is 65.5 cm³/mol. The first-order valence-electron chi connectivity index (χ1n) is 4.62. The normalized spacial score (nSPS) is 9.88. The molecule has 0 bridgehead atoms. The third kappa shape index (κ3) is 8.32. The summed E-state index contributed by atoms with van der Waals surface area (Å²) >= 11 is 3.06. The lowest BCUT2D eigenvalue weighted by molar-refractivity contribution is -0.385. The van der Waals surface area contributed by atoms with Crippen molar-refractivity contribution in [2.24, 2.45) is 0 Å². The zero-order chi connectivity index (χ0) is 13.5. The van der Waals surface area contributed by atoms with Gasteiger partial charge < -0.3 is 4.74 Å². The molecule has 0 unspecified atom stereocenters. The van der Waals surface area contributed by atoms with Crippen LogP contribution in [0.5, 0.6) is 0 Å². The van der Waals surface area contributed by atoms with Crippen LogP contribution >= 0.6 is 15.9 Å². The third-order valence-electron chi connectivity index (χ3n) is 1.30. The van der Waals surface area contributed by atoms with Crippen LogP contribution in [-0.4, -0.2) is 22.0 Å². The number of rotatable bonds is 2. The van der Waals surface area contributed by atoms with Crippen LogP contribution in [0.25, 0.3) is 0 Å². The molecule has 0 N–H and O–H groups in total. The average Bonchev–Trinajstić information content (AvgIpc) is 2.16. The molecule has 0 atom stereocenters. The summed E-state index contributed by atoms with van der Waals surface area (Å²) in [5.41, 5.74) is -0.323. The lowest BCUT2D eigenvalue weighted by Gasteiger charge is -2.14. The quantitative estimate of drug-likeness (QED) is 0.476. The number of halogens is 1. The minimum absolute atomic E-state index is 0.00521. The van der Waals surface area contributed by atoms with E-state index in [2.05, 4.69) is 25.7 Å². The molecular formula is C10H13BrN2O4. The maximum atomic E-state index is 10.1. The molecule has 0 aliphatic carbocycles. The largest absolute Gasteiger partial charge is 0.462 e. The first-order valence-corrected chi connectivity index (χ1v) is 5.42. The molecule has 94 valence electrons. The number of aromatic nitrogens is 1. The smallest absolute Gasteiger partial charge is 0.293 e. The van der Waals surface area contributed by atoms with Gasteiger partial charge in [-0.2, -0.15) is 0 Å². The van der Waals surface area contributed by atoms with Crippen LogP contribution in [-0.2, 0) is 9.53 Å². The SMILES string of the molecule is CC(C)(C)OC=O.O=[N+]([O-])c1cncc(Br)c1. The number of carbonyl (C=O) groups excluding carboxylic acids is 1. The Kier molecular flexibility index (Phi) is 6.34. The van der Waals surface area contributed by atoms with E-state index in [1.54, 1.807) is 0 Å². The van der Waals surface area contributed by atoms with Crippen molar-refractivity contribution in [3.8, 4) is 0 Å². The van der Waals surface area contributed by atoms with Gasteiger partial charge in [-0.05, 0) is 36.7 Å². The summed E-state index contributed by atoms with van der Waals surface area (Å²) in [5.74, 6) is 0. The number of nitrogens with zero attached hydrogens (tertiary/aromatic N) is 2. The van der Waals surface area contributed by atoms with E-state index in [1.165, 1.54) is 18.5 Å². The van der Waals surface area contributed by atoms with E-state index in [0.29, 0.717) is 10.9 Å². The van der Waals surface area contributed by atoms with E-state index in [1.807, 2.05) is 20.8 Å². The fraction of sp³-hybridized carbons (Fsp3) is 0.400. The highest BCUT2D eigenvalue weighted by atomic mass is 79.9. The van der Waals surface area contributed by atoms with Crippen molar-refractivity contribution in [3.63, 3.8) is 0 Å². The van der Waals surface area contributed by atoms with Gasteiger partial charge in [0, 0.05) is 16.7 Å². The second kappa shape index (κ2) is 6.95. The minimum atomic E-state index is -0.488. The molecule has 0 fully saturated rings. The van der Waals surface area contributed by atoms with Crippen LogP contribution in [0.1, 0.15) is 20.8 Å².